The van der Waals surface area contributed by atoms with Crippen molar-refractivity contribution in [2.24, 2.45) is 23.2 Å². The first kappa shape index (κ1) is 10.7. The number of hydrogen-bond acceptors (Lipinski definition) is 2. The number of ether oxygens (including phenoxy) is 1. The van der Waals surface area contributed by atoms with Crippen LogP contribution in [0, 0.1) is 23.2 Å². The Balaban J connectivity index is 1.97. The molecular formula is C13H20O2. The molecule has 2 fully saturated rings. The Bertz CT molecular complexity index is 280. The van der Waals surface area contributed by atoms with Crippen LogP contribution in [0.15, 0.2) is 12.7 Å². The van der Waals surface area contributed by atoms with Crippen molar-refractivity contribution in [2.45, 2.75) is 33.1 Å². The molecule has 2 aliphatic carbocycles. The summed E-state index contributed by atoms with van der Waals surface area (Å²) in [4.78, 5) is 11.0. The van der Waals surface area contributed by atoms with Crippen LogP contribution in [0.4, 0.5) is 0 Å². The van der Waals surface area contributed by atoms with E-state index >= 15 is 0 Å². The summed E-state index contributed by atoms with van der Waals surface area (Å²) >= 11 is 0. The third kappa shape index (κ3) is 1.70. The molecule has 0 N–H and O–H groups in total. The third-order valence-corrected chi connectivity index (χ3v) is 4.62. The van der Waals surface area contributed by atoms with Gasteiger partial charge in [0.2, 0.25) is 0 Å². The standard InChI is InChI=1S/C13H20O2/c1-4-12(14)15-8-11-9-5-6-10(7-9)13(11,2)3/h4,9-11H,1,5-8H2,2-3H3/t9-,10+,11-/m0/s1. The summed E-state index contributed by atoms with van der Waals surface area (Å²) in [5, 5.41) is 0. The first-order valence-electron chi connectivity index (χ1n) is 5.85. The summed E-state index contributed by atoms with van der Waals surface area (Å²) in [5.41, 5.74) is 0.352. The average Bonchev–Trinajstić information content (AvgIpc) is 2.74. The third-order valence-electron chi connectivity index (χ3n) is 4.62. The van der Waals surface area contributed by atoms with Crippen LogP contribution >= 0.6 is 0 Å². The molecule has 0 saturated heterocycles. The van der Waals surface area contributed by atoms with Crippen molar-refractivity contribution in [1.29, 1.82) is 0 Å². The van der Waals surface area contributed by atoms with Gasteiger partial charge < -0.3 is 4.74 Å². The Morgan fingerprint density at radius 1 is 1.53 bits per heavy atom. The number of fused-ring (bicyclic) bond motifs is 2. The Morgan fingerprint density at radius 3 is 2.80 bits per heavy atom. The van der Waals surface area contributed by atoms with Gasteiger partial charge in [0.15, 0.2) is 0 Å². The van der Waals surface area contributed by atoms with E-state index in [2.05, 4.69) is 20.4 Å². The number of rotatable bonds is 3. The molecule has 0 aromatic rings. The summed E-state index contributed by atoms with van der Waals surface area (Å²) in [5.74, 6) is 1.89. The molecule has 0 unspecified atom stereocenters. The van der Waals surface area contributed by atoms with E-state index in [1.165, 1.54) is 25.3 Å². The van der Waals surface area contributed by atoms with Crippen LogP contribution in [-0.2, 0) is 9.53 Å². The van der Waals surface area contributed by atoms with Crippen LogP contribution in [0.25, 0.3) is 0 Å². The van der Waals surface area contributed by atoms with Crippen molar-refractivity contribution < 1.29 is 9.53 Å². The second-order valence-electron chi connectivity index (χ2n) is 5.53. The van der Waals surface area contributed by atoms with Crippen LogP contribution in [0.5, 0.6) is 0 Å². The Kier molecular flexibility index (Phi) is 2.61. The van der Waals surface area contributed by atoms with Gasteiger partial charge in [-0.25, -0.2) is 4.79 Å². The molecule has 2 saturated carbocycles. The van der Waals surface area contributed by atoms with Crippen molar-refractivity contribution in [3.8, 4) is 0 Å². The molecule has 15 heavy (non-hydrogen) atoms. The lowest BCUT2D eigenvalue weighted by molar-refractivity contribution is -0.141. The van der Waals surface area contributed by atoms with Crippen LogP contribution in [-0.4, -0.2) is 12.6 Å². The lowest BCUT2D eigenvalue weighted by atomic mass is 9.69. The molecule has 2 aliphatic rings. The molecule has 0 aromatic heterocycles. The van der Waals surface area contributed by atoms with Gasteiger partial charge in [0.05, 0.1) is 6.61 Å². The summed E-state index contributed by atoms with van der Waals surface area (Å²) in [6.07, 6.45) is 5.28. The Morgan fingerprint density at radius 2 is 2.27 bits per heavy atom. The lowest BCUT2D eigenvalue weighted by Gasteiger charge is -2.37. The number of carbonyl (C=O) groups excluding carboxylic acids is 1. The topological polar surface area (TPSA) is 26.3 Å². The predicted molar refractivity (Wildman–Crippen MR) is 59.3 cm³/mol. The highest BCUT2D eigenvalue weighted by Gasteiger charge is 2.52. The first-order valence-corrected chi connectivity index (χ1v) is 5.85. The maximum absolute atomic E-state index is 11.0. The fourth-order valence-electron chi connectivity index (χ4n) is 3.55. The van der Waals surface area contributed by atoms with E-state index in [4.69, 9.17) is 4.74 Å². The molecule has 2 rings (SSSR count). The second kappa shape index (κ2) is 3.66. The molecule has 2 heteroatoms. The van der Waals surface area contributed by atoms with Crippen molar-refractivity contribution in [3.05, 3.63) is 12.7 Å². The van der Waals surface area contributed by atoms with Crippen LogP contribution in [0.3, 0.4) is 0 Å². The smallest absolute Gasteiger partial charge is 0.330 e. The van der Waals surface area contributed by atoms with Gasteiger partial charge in [-0.3, -0.25) is 0 Å². The van der Waals surface area contributed by atoms with E-state index in [0.29, 0.717) is 17.9 Å². The minimum absolute atomic E-state index is 0.284. The maximum atomic E-state index is 11.0. The summed E-state index contributed by atoms with van der Waals surface area (Å²) in [6.45, 7) is 8.64. The van der Waals surface area contributed by atoms with Gasteiger partial charge in [-0.15, -0.1) is 0 Å². The largest absolute Gasteiger partial charge is 0.462 e. The monoisotopic (exact) mass is 208 g/mol. The summed E-state index contributed by atoms with van der Waals surface area (Å²) < 4.78 is 5.21. The normalized spacial score (nSPS) is 36.5. The van der Waals surface area contributed by atoms with Crippen LogP contribution in [0.1, 0.15) is 33.1 Å². The highest BCUT2D eigenvalue weighted by atomic mass is 16.5. The van der Waals surface area contributed by atoms with Crippen molar-refractivity contribution >= 4 is 5.97 Å². The molecule has 2 bridgehead atoms. The molecule has 2 nitrogen and oxygen atoms in total. The zero-order valence-corrected chi connectivity index (χ0v) is 9.66. The zero-order valence-electron chi connectivity index (χ0n) is 9.66. The molecule has 0 aromatic carbocycles. The fourth-order valence-corrected chi connectivity index (χ4v) is 3.55. The Hall–Kier alpha value is -0.790. The van der Waals surface area contributed by atoms with Gasteiger partial charge in [-0.2, -0.15) is 0 Å². The highest BCUT2D eigenvalue weighted by Crippen LogP contribution is 2.59. The van der Waals surface area contributed by atoms with Gasteiger partial charge in [0.1, 0.15) is 0 Å². The van der Waals surface area contributed by atoms with E-state index in [-0.39, 0.29) is 5.97 Å². The van der Waals surface area contributed by atoms with Crippen LogP contribution in [0.2, 0.25) is 0 Å². The van der Waals surface area contributed by atoms with E-state index in [0.717, 1.165) is 11.8 Å². The molecule has 0 spiro atoms. The number of esters is 1. The number of carbonyl (C=O) groups is 1. The highest BCUT2D eigenvalue weighted by molar-refractivity contribution is 5.81. The SMILES string of the molecule is C=CC(=O)OC[C@H]1[C@H]2CC[C@H](C2)C1(C)C. The predicted octanol–water partition coefficient (Wildman–Crippen LogP) is 2.79. The van der Waals surface area contributed by atoms with Crippen molar-refractivity contribution in [3.63, 3.8) is 0 Å². The van der Waals surface area contributed by atoms with Gasteiger partial charge in [0, 0.05) is 12.0 Å². The zero-order chi connectivity index (χ0) is 11.1. The number of hydrogen-bond donors (Lipinski definition) is 0. The Labute approximate surface area is 91.7 Å². The van der Waals surface area contributed by atoms with E-state index < -0.39 is 0 Å². The lowest BCUT2D eigenvalue weighted by Crippen LogP contribution is -2.34. The first-order chi connectivity index (χ1) is 7.05. The minimum Gasteiger partial charge on any atom is -0.462 e. The molecular weight excluding hydrogens is 188 g/mol. The van der Waals surface area contributed by atoms with Gasteiger partial charge >= 0.3 is 5.97 Å². The second-order valence-corrected chi connectivity index (χ2v) is 5.53. The fraction of sp³-hybridized carbons (Fsp3) is 0.769. The van der Waals surface area contributed by atoms with Gasteiger partial charge in [0.25, 0.3) is 0 Å². The molecule has 0 aliphatic heterocycles. The van der Waals surface area contributed by atoms with Crippen molar-refractivity contribution in [1.82, 2.24) is 0 Å². The van der Waals surface area contributed by atoms with E-state index in [1.807, 2.05) is 0 Å². The maximum Gasteiger partial charge on any atom is 0.330 e. The minimum atomic E-state index is -0.284. The quantitative estimate of drug-likeness (QED) is 0.526. The van der Waals surface area contributed by atoms with Crippen LogP contribution < -0.4 is 0 Å². The molecule has 0 amide bonds. The molecule has 3 atom stereocenters. The summed E-state index contributed by atoms with van der Waals surface area (Å²) in [7, 11) is 0. The van der Waals surface area contributed by atoms with Gasteiger partial charge in [-0.1, -0.05) is 20.4 Å². The van der Waals surface area contributed by atoms with E-state index in [9.17, 15) is 4.79 Å². The molecule has 0 radical (unpaired) electrons. The molecule has 84 valence electrons. The average molecular weight is 208 g/mol. The van der Waals surface area contributed by atoms with Gasteiger partial charge in [-0.05, 0) is 36.5 Å². The summed E-state index contributed by atoms with van der Waals surface area (Å²) in [6, 6.07) is 0. The molecule has 0 heterocycles. The van der Waals surface area contributed by atoms with E-state index in [1.54, 1.807) is 0 Å². The van der Waals surface area contributed by atoms with Crippen molar-refractivity contribution in [2.75, 3.05) is 6.61 Å².